The highest BCUT2D eigenvalue weighted by Gasteiger charge is 2.15. The number of anilines is 1. The molecule has 0 aliphatic rings. The van der Waals surface area contributed by atoms with Gasteiger partial charge in [-0.25, -0.2) is 4.79 Å². The molecule has 122 valence electrons. The fourth-order valence-corrected chi connectivity index (χ4v) is 2.06. The highest BCUT2D eigenvalue weighted by molar-refractivity contribution is 7.98. The Hall–Kier alpha value is -1.69. The maximum atomic E-state index is 11.8. The van der Waals surface area contributed by atoms with E-state index in [0.29, 0.717) is 19.4 Å². The predicted molar refractivity (Wildman–Crippen MR) is 90.3 cm³/mol. The number of ether oxygens (including phenoxy) is 1. The topological polar surface area (TPSA) is 67.4 Å². The van der Waals surface area contributed by atoms with Gasteiger partial charge < -0.3 is 15.4 Å². The number of alkyl carbamates (subject to hydrolysis) is 1. The third-order valence-corrected chi connectivity index (χ3v) is 3.37. The summed E-state index contributed by atoms with van der Waals surface area (Å²) in [6.07, 6.45) is 2.46. The van der Waals surface area contributed by atoms with Gasteiger partial charge in [-0.15, -0.1) is 11.8 Å². The second-order valence-electron chi connectivity index (χ2n) is 5.81. The molecule has 0 bridgehead atoms. The first kappa shape index (κ1) is 18.4. The molecule has 0 aromatic heterocycles. The van der Waals surface area contributed by atoms with E-state index >= 15 is 0 Å². The Kier molecular flexibility index (Phi) is 7.24. The average Bonchev–Trinajstić information content (AvgIpc) is 2.42. The Labute approximate surface area is 136 Å². The molecule has 0 spiro atoms. The molecule has 2 amide bonds. The number of rotatable bonds is 6. The molecule has 0 aliphatic heterocycles. The molecular weight excluding hydrogens is 300 g/mol. The van der Waals surface area contributed by atoms with Crippen LogP contribution in [0.5, 0.6) is 0 Å². The average molecular weight is 324 g/mol. The summed E-state index contributed by atoms with van der Waals surface area (Å²) in [5.74, 6) is -0.0668. The van der Waals surface area contributed by atoms with Gasteiger partial charge in [-0.2, -0.15) is 0 Å². The quantitative estimate of drug-likeness (QED) is 0.619. The van der Waals surface area contributed by atoms with Crippen molar-refractivity contribution in [2.75, 3.05) is 18.1 Å². The highest BCUT2D eigenvalue weighted by Crippen LogP contribution is 2.17. The van der Waals surface area contributed by atoms with Gasteiger partial charge in [0.15, 0.2) is 0 Å². The van der Waals surface area contributed by atoms with Crippen LogP contribution in [-0.4, -0.2) is 30.4 Å². The van der Waals surface area contributed by atoms with Crippen molar-refractivity contribution in [3.05, 3.63) is 24.3 Å². The molecule has 22 heavy (non-hydrogen) atoms. The molecule has 0 aliphatic carbocycles. The zero-order valence-electron chi connectivity index (χ0n) is 13.6. The first-order chi connectivity index (χ1) is 10.3. The number of thioether (sulfide) groups is 1. The maximum Gasteiger partial charge on any atom is 0.407 e. The molecule has 1 aromatic carbocycles. The molecule has 0 fully saturated rings. The van der Waals surface area contributed by atoms with E-state index in [0.717, 1.165) is 10.6 Å². The van der Waals surface area contributed by atoms with E-state index in [1.165, 1.54) is 0 Å². The summed E-state index contributed by atoms with van der Waals surface area (Å²) >= 11 is 1.65. The van der Waals surface area contributed by atoms with Crippen LogP contribution in [0.25, 0.3) is 0 Å². The molecule has 0 saturated carbocycles. The summed E-state index contributed by atoms with van der Waals surface area (Å²) in [4.78, 5) is 24.4. The minimum atomic E-state index is -0.510. The van der Waals surface area contributed by atoms with Crippen LogP contribution in [0.15, 0.2) is 29.2 Å². The van der Waals surface area contributed by atoms with E-state index < -0.39 is 11.7 Å². The van der Waals surface area contributed by atoms with Gasteiger partial charge in [0.1, 0.15) is 5.60 Å². The van der Waals surface area contributed by atoms with Crippen LogP contribution in [0.4, 0.5) is 10.5 Å². The van der Waals surface area contributed by atoms with Crippen molar-refractivity contribution in [1.29, 1.82) is 0 Å². The lowest BCUT2D eigenvalue weighted by atomic mass is 10.2. The van der Waals surface area contributed by atoms with Crippen molar-refractivity contribution >= 4 is 29.4 Å². The molecule has 0 radical (unpaired) electrons. The van der Waals surface area contributed by atoms with E-state index in [1.54, 1.807) is 11.8 Å². The third-order valence-electron chi connectivity index (χ3n) is 2.62. The van der Waals surface area contributed by atoms with Crippen LogP contribution >= 0.6 is 11.8 Å². The Balaban J connectivity index is 2.21. The summed E-state index contributed by atoms with van der Waals surface area (Å²) in [5.41, 5.74) is 0.271. The van der Waals surface area contributed by atoms with Crippen LogP contribution in [0.1, 0.15) is 33.6 Å². The van der Waals surface area contributed by atoms with E-state index in [4.69, 9.17) is 4.74 Å². The van der Waals surface area contributed by atoms with E-state index in [-0.39, 0.29) is 5.91 Å². The second kappa shape index (κ2) is 8.68. The van der Waals surface area contributed by atoms with Gasteiger partial charge in [0, 0.05) is 23.5 Å². The zero-order chi connectivity index (χ0) is 16.6. The molecule has 0 heterocycles. The van der Waals surface area contributed by atoms with Crippen molar-refractivity contribution in [2.24, 2.45) is 0 Å². The normalized spacial score (nSPS) is 10.9. The largest absolute Gasteiger partial charge is 0.444 e. The third kappa shape index (κ3) is 7.93. The number of nitrogens with one attached hydrogen (secondary N) is 2. The maximum absolute atomic E-state index is 11.8. The number of carbonyl (C=O) groups excluding carboxylic acids is 2. The standard InChI is InChI=1S/C16H24N2O3S/c1-16(2,3)21-15(20)17-11-5-6-14(19)18-12-7-9-13(22-4)10-8-12/h7-10H,5-6,11H2,1-4H3,(H,17,20)(H,18,19). The fourth-order valence-electron chi connectivity index (χ4n) is 1.65. The van der Waals surface area contributed by atoms with Gasteiger partial charge in [-0.3, -0.25) is 4.79 Å². The van der Waals surface area contributed by atoms with Crippen LogP contribution < -0.4 is 10.6 Å². The molecule has 1 aromatic rings. The predicted octanol–water partition coefficient (Wildman–Crippen LogP) is 3.65. The second-order valence-corrected chi connectivity index (χ2v) is 6.69. The number of carbonyl (C=O) groups is 2. The molecule has 0 saturated heterocycles. The van der Waals surface area contributed by atoms with Gasteiger partial charge in [0.05, 0.1) is 0 Å². The van der Waals surface area contributed by atoms with Crippen molar-refractivity contribution in [2.45, 2.75) is 44.1 Å². The minimum absolute atomic E-state index is 0.0668. The van der Waals surface area contributed by atoms with E-state index in [1.807, 2.05) is 51.3 Å². The fraction of sp³-hybridized carbons (Fsp3) is 0.500. The molecule has 0 atom stereocenters. The van der Waals surface area contributed by atoms with Crippen molar-refractivity contribution in [3.8, 4) is 0 Å². The van der Waals surface area contributed by atoms with E-state index in [9.17, 15) is 9.59 Å². The number of hydrogen-bond acceptors (Lipinski definition) is 4. The molecular formula is C16H24N2O3S. The molecule has 0 unspecified atom stereocenters. The Morgan fingerprint density at radius 2 is 1.82 bits per heavy atom. The summed E-state index contributed by atoms with van der Waals surface area (Å²) in [5, 5.41) is 5.46. The lowest BCUT2D eigenvalue weighted by molar-refractivity contribution is -0.116. The molecule has 2 N–H and O–H groups in total. The van der Waals surface area contributed by atoms with Crippen molar-refractivity contribution in [1.82, 2.24) is 5.32 Å². The number of amides is 2. The zero-order valence-corrected chi connectivity index (χ0v) is 14.4. The summed E-state index contributed by atoms with van der Waals surface area (Å²) < 4.78 is 5.11. The van der Waals surface area contributed by atoms with Crippen molar-refractivity contribution < 1.29 is 14.3 Å². The minimum Gasteiger partial charge on any atom is -0.444 e. The van der Waals surface area contributed by atoms with Gasteiger partial charge in [-0.1, -0.05) is 0 Å². The van der Waals surface area contributed by atoms with Crippen LogP contribution in [0.3, 0.4) is 0 Å². The highest BCUT2D eigenvalue weighted by atomic mass is 32.2. The van der Waals surface area contributed by atoms with Crippen LogP contribution in [-0.2, 0) is 9.53 Å². The summed E-state index contributed by atoms with van der Waals surface area (Å²) in [6.45, 7) is 5.83. The number of hydrogen-bond donors (Lipinski definition) is 2. The van der Waals surface area contributed by atoms with Gasteiger partial charge in [0.2, 0.25) is 5.91 Å². The summed E-state index contributed by atoms with van der Waals surface area (Å²) in [6, 6.07) is 7.68. The monoisotopic (exact) mass is 324 g/mol. The first-order valence-electron chi connectivity index (χ1n) is 7.21. The molecule has 5 nitrogen and oxygen atoms in total. The van der Waals surface area contributed by atoms with Gasteiger partial charge >= 0.3 is 6.09 Å². The smallest absolute Gasteiger partial charge is 0.407 e. The summed E-state index contributed by atoms with van der Waals surface area (Å²) in [7, 11) is 0. The van der Waals surface area contributed by atoms with Gasteiger partial charge in [0.25, 0.3) is 0 Å². The Morgan fingerprint density at radius 1 is 1.18 bits per heavy atom. The van der Waals surface area contributed by atoms with Crippen LogP contribution in [0.2, 0.25) is 0 Å². The Morgan fingerprint density at radius 3 is 2.36 bits per heavy atom. The van der Waals surface area contributed by atoms with E-state index in [2.05, 4.69) is 10.6 Å². The van der Waals surface area contributed by atoms with Crippen molar-refractivity contribution in [3.63, 3.8) is 0 Å². The first-order valence-corrected chi connectivity index (χ1v) is 8.43. The van der Waals surface area contributed by atoms with Gasteiger partial charge in [-0.05, 0) is 57.7 Å². The van der Waals surface area contributed by atoms with Crippen LogP contribution in [0, 0.1) is 0 Å². The Bertz CT molecular complexity index is 495. The SMILES string of the molecule is CSc1ccc(NC(=O)CCCNC(=O)OC(C)(C)C)cc1. The molecule has 6 heteroatoms. The number of benzene rings is 1. The molecule has 1 rings (SSSR count). The lowest BCUT2D eigenvalue weighted by Gasteiger charge is -2.19. The lowest BCUT2D eigenvalue weighted by Crippen LogP contribution is -2.33.